The molecular formula is C58H78O14P2S4. The third kappa shape index (κ3) is 15.8. The molecule has 78 heavy (non-hydrogen) atoms. The molecule has 0 saturated carbocycles. The Hall–Kier alpha value is -3.24. The standard InChI is InChI=1S/C58H78O14P2S4/c1-9-69-73(63,70-10-2)57(75-41-45-21-25-47(26-22-45)53(61)67-37-35-65-51(59)43(5)6)49-29-33-55(39-49,77-57)31-19-17-15-13-14-16-18-20-32-56-34-30-50(40-56)58(78-56,74(64,71-11-3)72-12-4)76-42-46-23-27-48(28-24-46)54(62)68-38-36-66-52(60)44(7)8/h21-29,33-34,49H,5,7,9-20,31-32,35-42H2,1-4,6,8H3. The first kappa shape index (κ1) is 63.9. The second kappa shape index (κ2) is 29.7. The zero-order valence-electron chi connectivity index (χ0n) is 46.1. The number of unbranched alkanes of at least 4 members (excludes halogenated alkanes) is 7. The molecule has 0 spiro atoms. The largest absolute Gasteiger partial charge is 0.459 e. The number of esters is 4. The molecular weight excluding hydrogens is 1110 g/mol. The summed E-state index contributed by atoms with van der Waals surface area (Å²) in [6, 6.07) is 14.3. The molecule has 2 aromatic rings. The van der Waals surface area contributed by atoms with Crippen molar-refractivity contribution in [3.05, 3.63) is 125 Å². The van der Waals surface area contributed by atoms with E-state index in [2.05, 4.69) is 37.1 Å². The highest BCUT2D eigenvalue weighted by Gasteiger charge is 2.67. The molecule has 2 fully saturated rings. The highest BCUT2D eigenvalue weighted by Crippen LogP contribution is 2.82. The van der Waals surface area contributed by atoms with Gasteiger partial charge in [-0.3, -0.25) is 9.13 Å². The van der Waals surface area contributed by atoms with Crippen LogP contribution >= 0.6 is 62.2 Å². The smallest absolute Gasteiger partial charge is 0.361 e. The van der Waals surface area contributed by atoms with E-state index in [9.17, 15) is 28.3 Å². The summed E-state index contributed by atoms with van der Waals surface area (Å²) >= 11 is 6.65. The SMILES string of the molecule is C=C(C)C(=O)OCCOC(=O)c1ccc(CSC2(P(=O)(OCC)OCC)SC3(CCCCCCCCCCC45C=CC(C4)C(SCc4ccc(C(=O)OCCOC(=O)C(=C)C)cc4)(P(=O)(OCC)OCC)S5)C=C=C2C3)cc1. The zero-order chi connectivity index (χ0) is 56.5. The fourth-order valence-electron chi connectivity index (χ4n) is 9.86. The topological polar surface area (TPSA) is 176 Å². The molecule has 0 radical (unpaired) electrons. The number of rotatable bonds is 37. The first-order valence-corrected chi connectivity index (χ1v) is 33.9. The minimum absolute atomic E-state index is 0.00731. The lowest BCUT2D eigenvalue weighted by Crippen LogP contribution is -2.30. The number of hydrogen-bond donors (Lipinski definition) is 0. The first-order valence-electron chi connectivity index (χ1n) is 27.2. The lowest BCUT2D eigenvalue weighted by molar-refractivity contribution is -0.140. The fraction of sp³-hybridized carbons (Fsp3) is 0.569. The second-order valence-corrected chi connectivity index (χ2v) is 31.6. The Kier molecular flexibility index (Phi) is 24.3. The number of hydrogen-bond acceptors (Lipinski definition) is 18. The lowest BCUT2D eigenvalue weighted by atomic mass is 9.96. The Morgan fingerprint density at radius 1 is 0.603 bits per heavy atom. The van der Waals surface area contributed by atoms with Gasteiger partial charge >= 0.3 is 39.1 Å². The predicted octanol–water partition coefficient (Wildman–Crippen LogP) is 15.2. The molecule has 2 saturated heterocycles. The van der Waals surface area contributed by atoms with Crippen molar-refractivity contribution in [2.45, 2.75) is 147 Å². The van der Waals surface area contributed by atoms with Crippen molar-refractivity contribution in [2.24, 2.45) is 5.92 Å². The summed E-state index contributed by atoms with van der Waals surface area (Å²) in [5.74, 6) is -1.04. The van der Waals surface area contributed by atoms with E-state index in [-0.39, 0.29) is 79.4 Å². The van der Waals surface area contributed by atoms with Crippen LogP contribution in [-0.2, 0) is 67.3 Å². The number of ether oxygens (including phenoxy) is 4. The maximum absolute atomic E-state index is 14.9. The minimum atomic E-state index is -3.66. The van der Waals surface area contributed by atoms with Crippen molar-refractivity contribution in [3.63, 3.8) is 0 Å². The van der Waals surface area contributed by atoms with E-state index >= 15 is 0 Å². The summed E-state index contributed by atoms with van der Waals surface area (Å²) in [6.07, 6.45) is 19.2. The Morgan fingerprint density at radius 2 is 1.04 bits per heavy atom. The van der Waals surface area contributed by atoms with E-state index in [0.29, 0.717) is 22.6 Å². The Balaban J connectivity index is 0.947. The van der Waals surface area contributed by atoms with Gasteiger partial charge < -0.3 is 37.0 Å². The van der Waals surface area contributed by atoms with Crippen molar-refractivity contribution >= 4 is 86.1 Å². The van der Waals surface area contributed by atoms with E-state index in [1.54, 1.807) is 85.2 Å². The first-order chi connectivity index (χ1) is 37.4. The highest BCUT2D eigenvalue weighted by atomic mass is 32.2. The van der Waals surface area contributed by atoms with Crippen LogP contribution in [0.1, 0.15) is 150 Å². The van der Waals surface area contributed by atoms with Crippen molar-refractivity contribution < 1.29 is 65.4 Å². The third-order valence-electron chi connectivity index (χ3n) is 13.7. The summed E-state index contributed by atoms with van der Waals surface area (Å²) in [5.41, 5.74) is 7.70. The number of thioether (sulfide) groups is 4. The Labute approximate surface area is 479 Å². The van der Waals surface area contributed by atoms with Crippen LogP contribution in [0.25, 0.3) is 0 Å². The van der Waals surface area contributed by atoms with Crippen LogP contribution in [0.5, 0.6) is 0 Å². The van der Waals surface area contributed by atoms with Gasteiger partial charge in [0.05, 0.1) is 37.6 Å². The van der Waals surface area contributed by atoms with E-state index < -0.39 is 46.7 Å². The van der Waals surface area contributed by atoms with Crippen LogP contribution in [0.2, 0.25) is 0 Å². The summed E-state index contributed by atoms with van der Waals surface area (Å²) in [5, 5.41) is 0. The molecule has 20 heteroatoms. The van der Waals surface area contributed by atoms with Gasteiger partial charge in [-0.05, 0) is 109 Å². The van der Waals surface area contributed by atoms with Crippen LogP contribution in [0.15, 0.2) is 102 Å². The summed E-state index contributed by atoms with van der Waals surface area (Å²) in [4.78, 5) is 48.6. The van der Waals surface area contributed by atoms with Gasteiger partial charge in [0, 0.05) is 43.6 Å². The molecule has 0 N–H and O–H groups in total. The summed E-state index contributed by atoms with van der Waals surface area (Å²) in [7, 11) is -7.25. The molecule has 2 aliphatic heterocycles. The molecule has 428 valence electrons. The maximum atomic E-state index is 14.9. The van der Waals surface area contributed by atoms with E-state index in [1.807, 2.05) is 52.0 Å². The van der Waals surface area contributed by atoms with Crippen LogP contribution < -0.4 is 0 Å². The Bertz CT molecular complexity index is 2600. The van der Waals surface area contributed by atoms with Gasteiger partial charge in [-0.2, -0.15) is 0 Å². The number of carbonyl (C=O) groups is 4. The monoisotopic (exact) mass is 1190 g/mol. The molecule has 5 unspecified atom stereocenters. The molecule has 2 heterocycles. The number of fused-ring (bicyclic) bond motifs is 4. The molecule has 2 aromatic carbocycles. The average Bonchev–Trinajstić information content (AvgIpc) is 4.38. The predicted molar refractivity (Wildman–Crippen MR) is 315 cm³/mol. The van der Waals surface area contributed by atoms with Crippen molar-refractivity contribution in [1.29, 1.82) is 0 Å². The minimum Gasteiger partial charge on any atom is -0.459 e. The number of carbonyl (C=O) groups excluding carboxylic acids is 4. The maximum Gasteiger partial charge on any atom is 0.361 e. The quantitative estimate of drug-likeness (QED) is 0.0119. The van der Waals surface area contributed by atoms with E-state index in [1.165, 1.54) is 0 Å². The van der Waals surface area contributed by atoms with E-state index in [4.69, 9.17) is 37.0 Å². The molecule has 5 atom stereocenters. The molecule has 4 bridgehead atoms. The highest BCUT2D eigenvalue weighted by molar-refractivity contribution is 8.26. The molecule has 6 rings (SSSR count). The zero-order valence-corrected chi connectivity index (χ0v) is 51.2. The van der Waals surface area contributed by atoms with E-state index in [0.717, 1.165) is 93.7 Å². The van der Waals surface area contributed by atoms with Crippen molar-refractivity contribution in [1.82, 2.24) is 0 Å². The van der Waals surface area contributed by atoms with Gasteiger partial charge in [-0.15, -0.1) is 52.8 Å². The fourth-order valence-corrected chi connectivity index (χ4v) is 24.6. The molecule has 0 aromatic heterocycles. The normalized spacial score (nSPS) is 22.8. The van der Waals surface area contributed by atoms with Crippen LogP contribution in [0, 0.1) is 5.92 Å². The van der Waals surface area contributed by atoms with Gasteiger partial charge in [0.15, 0.2) is 7.64 Å². The number of allylic oxidation sites excluding steroid dienone is 1. The van der Waals surface area contributed by atoms with Gasteiger partial charge in [0.2, 0.25) is 0 Å². The van der Waals surface area contributed by atoms with Gasteiger partial charge in [-0.25, -0.2) is 19.2 Å². The molecule has 0 amide bonds. The van der Waals surface area contributed by atoms with Crippen LogP contribution in [0.3, 0.4) is 0 Å². The lowest BCUT2D eigenvalue weighted by Gasteiger charge is -2.40. The molecule has 4 aliphatic rings. The van der Waals surface area contributed by atoms with Crippen LogP contribution in [-0.4, -0.2) is 93.9 Å². The number of benzene rings is 2. The Morgan fingerprint density at radius 3 is 1.51 bits per heavy atom. The summed E-state index contributed by atoms with van der Waals surface area (Å²) < 4.78 is 72.5. The molecule has 14 nitrogen and oxygen atoms in total. The average molecular weight is 1190 g/mol. The second-order valence-electron chi connectivity index (χ2n) is 19.7. The van der Waals surface area contributed by atoms with Gasteiger partial charge in [0.1, 0.15) is 26.4 Å². The third-order valence-corrected chi connectivity index (χ3v) is 28.6. The van der Waals surface area contributed by atoms with Crippen molar-refractivity contribution in [2.75, 3.05) is 52.9 Å². The molecule has 2 aliphatic carbocycles. The van der Waals surface area contributed by atoms with Crippen molar-refractivity contribution in [3.8, 4) is 0 Å². The summed E-state index contributed by atoms with van der Waals surface area (Å²) in [6.45, 7) is 18.4. The van der Waals surface area contributed by atoms with Gasteiger partial charge in [0.25, 0.3) is 0 Å². The van der Waals surface area contributed by atoms with Crippen LogP contribution in [0.4, 0.5) is 0 Å². The van der Waals surface area contributed by atoms with Gasteiger partial charge in [-0.1, -0.05) is 101 Å².